The van der Waals surface area contributed by atoms with Crippen LogP contribution >= 0.6 is 15.9 Å². The summed E-state index contributed by atoms with van der Waals surface area (Å²) < 4.78 is 19.0. The quantitative estimate of drug-likeness (QED) is 0.836. The van der Waals surface area contributed by atoms with Gasteiger partial charge in [0.05, 0.1) is 19.3 Å². The lowest BCUT2D eigenvalue weighted by Gasteiger charge is -2.24. The Balaban J connectivity index is 2.22. The van der Waals surface area contributed by atoms with E-state index in [0.717, 1.165) is 23.2 Å². The highest BCUT2D eigenvalue weighted by Crippen LogP contribution is 2.25. The molecule has 14 heavy (non-hydrogen) atoms. The normalized spacial score (nSPS) is 22.3. The number of hydrogen-bond acceptors (Lipinski definition) is 2. The highest BCUT2D eigenvalue weighted by atomic mass is 79.9. The molecule has 1 N–H and O–H groups in total. The van der Waals surface area contributed by atoms with E-state index in [1.54, 1.807) is 6.07 Å². The molecule has 1 unspecified atom stereocenters. The molecule has 1 fully saturated rings. The fourth-order valence-corrected chi connectivity index (χ4v) is 2.18. The topological polar surface area (TPSA) is 21.3 Å². The smallest absolute Gasteiger partial charge is 0.124 e. The van der Waals surface area contributed by atoms with Gasteiger partial charge in [-0.25, -0.2) is 4.39 Å². The van der Waals surface area contributed by atoms with Crippen molar-refractivity contribution in [3.8, 4) is 0 Å². The molecule has 1 aliphatic rings. The van der Waals surface area contributed by atoms with Crippen molar-refractivity contribution in [2.24, 2.45) is 0 Å². The SMILES string of the molecule is Fc1ccc(C2COCCN2)c(Br)c1. The number of ether oxygens (including phenoxy) is 1. The first-order chi connectivity index (χ1) is 6.77. The van der Waals surface area contributed by atoms with Gasteiger partial charge in [0.15, 0.2) is 0 Å². The Morgan fingerprint density at radius 2 is 2.36 bits per heavy atom. The van der Waals surface area contributed by atoms with Crippen molar-refractivity contribution in [1.29, 1.82) is 0 Å². The number of rotatable bonds is 1. The lowest BCUT2D eigenvalue weighted by molar-refractivity contribution is 0.0766. The van der Waals surface area contributed by atoms with E-state index < -0.39 is 0 Å². The van der Waals surface area contributed by atoms with E-state index in [9.17, 15) is 4.39 Å². The van der Waals surface area contributed by atoms with Crippen LogP contribution in [0.4, 0.5) is 4.39 Å². The fraction of sp³-hybridized carbons (Fsp3) is 0.400. The zero-order chi connectivity index (χ0) is 9.97. The van der Waals surface area contributed by atoms with Crippen LogP contribution in [0.15, 0.2) is 22.7 Å². The Hall–Kier alpha value is -0.450. The van der Waals surface area contributed by atoms with Gasteiger partial charge >= 0.3 is 0 Å². The van der Waals surface area contributed by atoms with Crippen molar-refractivity contribution in [3.05, 3.63) is 34.1 Å². The first kappa shape index (κ1) is 10.1. The van der Waals surface area contributed by atoms with E-state index in [4.69, 9.17) is 4.74 Å². The van der Waals surface area contributed by atoms with Gasteiger partial charge in [0, 0.05) is 11.0 Å². The molecule has 0 amide bonds. The Morgan fingerprint density at radius 3 is 3.00 bits per heavy atom. The van der Waals surface area contributed by atoms with E-state index in [0.29, 0.717) is 6.61 Å². The molecule has 2 rings (SSSR count). The summed E-state index contributed by atoms with van der Waals surface area (Å²) in [5.41, 5.74) is 1.05. The molecule has 0 radical (unpaired) electrons. The molecular weight excluding hydrogens is 249 g/mol. The molecule has 0 bridgehead atoms. The maximum Gasteiger partial charge on any atom is 0.124 e. The molecule has 1 aliphatic heterocycles. The zero-order valence-electron chi connectivity index (χ0n) is 7.59. The molecule has 1 heterocycles. The van der Waals surface area contributed by atoms with Crippen LogP contribution < -0.4 is 5.32 Å². The highest BCUT2D eigenvalue weighted by molar-refractivity contribution is 9.10. The highest BCUT2D eigenvalue weighted by Gasteiger charge is 2.17. The molecule has 4 heteroatoms. The van der Waals surface area contributed by atoms with Crippen molar-refractivity contribution >= 4 is 15.9 Å². The zero-order valence-corrected chi connectivity index (χ0v) is 9.18. The summed E-state index contributed by atoms with van der Waals surface area (Å²) in [6.07, 6.45) is 0. The Morgan fingerprint density at radius 1 is 1.50 bits per heavy atom. The fourth-order valence-electron chi connectivity index (χ4n) is 1.55. The van der Waals surface area contributed by atoms with Crippen LogP contribution in [0.25, 0.3) is 0 Å². The van der Waals surface area contributed by atoms with Gasteiger partial charge in [-0.2, -0.15) is 0 Å². The van der Waals surface area contributed by atoms with Gasteiger partial charge < -0.3 is 10.1 Å². The van der Waals surface area contributed by atoms with Crippen LogP contribution in [-0.2, 0) is 4.74 Å². The molecule has 1 aromatic carbocycles. The average molecular weight is 260 g/mol. The first-order valence-corrected chi connectivity index (χ1v) is 5.33. The molecule has 0 aliphatic carbocycles. The minimum atomic E-state index is -0.225. The summed E-state index contributed by atoms with van der Waals surface area (Å²) >= 11 is 3.35. The predicted molar refractivity (Wildman–Crippen MR) is 55.7 cm³/mol. The molecule has 1 aromatic rings. The molecule has 1 atom stereocenters. The van der Waals surface area contributed by atoms with Crippen molar-refractivity contribution in [2.45, 2.75) is 6.04 Å². The number of nitrogens with one attached hydrogen (secondary N) is 1. The second kappa shape index (κ2) is 4.38. The van der Waals surface area contributed by atoms with Crippen molar-refractivity contribution < 1.29 is 9.13 Å². The molecular formula is C10H11BrFNO. The van der Waals surface area contributed by atoms with Crippen molar-refractivity contribution in [2.75, 3.05) is 19.8 Å². The molecule has 76 valence electrons. The monoisotopic (exact) mass is 259 g/mol. The van der Waals surface area contributed by atoms with Crippen molar-refractivity contribution in [3.63, 3.8) is 0 Å². The van der Waals surface area contributed by atoms with E-state index >= 15 is 0 Å². The van der Waals surface area contributed by atoms with Crippen LogP contribution in [0.5, 0.6) is 0 Å². The standard InChI is InChI=1S/C10H11BrFNO/c11-9-5-7(12)1-2-8(9)10-6-14-4-3-13-10/h1-2,5,10,13H,3-4,6H2. The number of hydrogen-bond donors (Lipinski definition) is 1. The minimum Gasteiger partial charge on any atom is -0.378 e. The van der Waals surface area contributed by atoms with Gasteiger partial charge in [-0.15, -0.1) is 0 Å². The van der Waals surface area contributed by atoms with E-state index in [2.05, 4.69) is 21.2 Å². The van der Waals surface area contributed by atoms with Crippen LogP contribution in [0.1, 0.15) is 11.6 Å². The first-order valence-electron chi connectivity index (χ1n) is 4.53. The lowest BCUT2D eigenvalue weighted by Crippen LogP contribution is -2.34. The molecule has 0 aromatic heterocycles. The number of morpholine rings is 1. The second-order valence-electron chi connectivity index (χ2n) is 3.25. The van der Waals surface area contributed by atoms with Gasteiger partial charge in [-0.1, -0.05) is 22.0 Å². The predicted octanol–water partition coefficient (Wildman–Crippen LogP) is 2.25. The third kappa shape index (κ3) is 2.13. The second-order valence-corrected chi connectivity index (χ2v) is 4.10. The molecule has 0 saturated carbocycles. The van der Waals surface area contributed by atoms with Crippen LogP contribution in [0.2, 0.25) is 0 Å². The molecule has 0 spiro atoms. The summed E-state index contributed by atoms with van der Waals surface area (Å²) in [6.45, 7) is 2.23. The molecule has 2 nitrogen and oxygen atoms in total. The maximum atomic E-state index is 12.8. The summed E-state index contributed by atoms with van der Waals surface area (Å²) in [4.78, 5) is 0. The van der Waals surface area contributed by atoms with Gasteiger partial charge in [0.25, 0.3) is 0 Å². The number of benzene rings is 1. The average Bonchev–Trinajstić information content (AvgIpc) is 2.19. The molecule has 1 saturated heterocycles. The number of halogens is 2. The van der Waals surface area contributed by atoms with E-state index in [1.165, 1.54) is 12.1 Å². The summed E-state index contributed by atoms with van der Waals surface area (Å²) in [5, 5.41) is 3.32. The Bertz CT molecular complexity index is 326. The van der Waals surface area contributed by atoms with Gasteiger partial charge in [0.2, 0.25) is 0 Å². The van der Waals surface area contributed by atoms with E-state index in [-0.39, 0.29) is 11.9 Å². The van der Waals surface area contributed by atoms with Crippen LogP contribution in [0.3, 0.4) is 0 Å². The Labute approximate surface area is 90.6 Å². The third-order valence-electron chi connectivity index (χ3n) is 2.26. The van der Waals surface area contributed by atoms with Crippen LogP contribution in [0, 0.1) is 5.82 Å². The van der Waals surface area contributed by atoms with Gasteiger partial charge in [0.1, 0.15) is 5.82 Å². The summed E-state index contributed by atoms with van der Waals surface area (Å²) in [7, 11) is 0. The largest absolute Gasteiger partial charge is 0.378 e. The Kier molecular flexibility index (Phi) is 3.15. The van der Waals surface area contributed by atoms with Gasteiger partial charge in [-0.3, -0.25) is 0 Å². The minimum absolute atomic E-state index is 0.165. The summed E-state index contributed by atoms with van der Waals surface area (Å²) in [6, 6.07) is 4.90. The summed E-state index contributed by atoms with van der Waals surface area (Å²) in [5.74, 6) is -0.225. The maximum absolute atomic E-state index is 12.8. The van der Waals surface area contributed by atoms with Crippen molar-refractivity contribution in [1.82, 2.24) is 5.32 Å². The van der Waals surface area contributed by atoms with Gasteiger partial charge in [-0.05, 0) is 17.7 Å². The van der Waals surface area contributed by atoms with E-state index in [1.807, 2.05) is 0 Å². The van der Waals surface area contributed by atoms with Crippen LogP contribution in [-0.4, -0.2) is 19.8 Å². The lowest BCUT2D eigenvalue weighted by atomic mass is 10.1. The third-order valence-corrected chi connectivity index (χ3v) is 2.95.